The van der Waals surface area contributed by atoms with E-state index in [0.29, 0.717) is 44.1 Å². The Morgan fingerprint density at radius 3 is 1.66 bits per heavy atom. The number of carbonyl (C=O) groups excluding carboxylic acids is 8. The molecule has 0 saturated carbocycles. The van der Waals surface area contributed by atoms with Gasteiger partial charge < -0.3 is 90.7 Å². The molecule has 1 aromatic rings. The average Bonchev–Trinajstić information content (AvgIpc) is 3.28. The van der Waals surface area contributed by atoms with Gasteiger partial charge in [-0.1, -0.05) is 12.1 Å². The number of carbonyl (C=O) groups is 9. The second-order valence-corrected chi connectivity index (χ2v) is 15.6. The van der Waals surface area contributed by atoms with Gasteiger partial charge in [0.15, 0.2) is 5.96 Å². The first-order valence-electron chi connectivity index (χ1n) is 21.7. The van der Waals surface area contributed by atoms with Crippen molar-refractivity contribution in [2.24, 2.45) is 27.9 Å². The molecule has 1 aromatic carbocycles. The highest BCUT2D eigenvalue weighted by atomic mass is 16.4. The van der Waals surface area contributed by atoms with Crippen LogP contribution in [0.25, 0.3) is 0 Å². The minimum absolute atomic E-state index is 0.000822. The molecule has 67 heavy (non-hydrogen) atoms. The standard InChI is InChI=1S/C41H69N13O13/c1-23(34(61)49-25(20-55)18-24-11-13-26(58)14-12-24)48-36(63)30(10-7-17-47-41(44)45)51-39(66)31(19-33(59)60)53-37(64)29(9-4-6-16-46-2)52-40(67)32(22-57)54-38(65)28(8-3-5-15-42)50-35(62)27(43)21-56/h11-14,20,23,25,27-32,46,56-58H,3-10,15-19,21-22,42-43H2,1-2H3,(H,48,63)(H,49,61)(H,50,62)(H,51,66)(H,52,67)(H,53,64)(H,54,65)(H,59,60)(H4,44,45,47)/t23-,25-,27-,28-,29-,30-,31-,32-/m0/s1. The van der Waals surface area contributed by atoms with Crippen molar-refractivity contribution < 1.29 is 63.6 Å². The summed E-state index contributed by atoms with van der Waals surface area (Å²) in [6, 6.07) is -5.43. The van der Waals surface area contributed by atoms with E-state index in [0.717, 1.165) is 0 Å². The summed E-state index contributed by atoms with van der Waals surface area (Å²) in [7, 11) is 1.69. The number of aldehydes is 1. The number of phenols is 1. The quantitative estimate of drug-likeness (QED) is 0.0132. The van der Waals surface area contributed by atoms with Crippen LogP contribution in [-0.4, -0.2) is 168 Å². The van der Waals surface area contributed by atoms with Crippen molar-refractivity contribution >= 4 is 59.6 Å². The molecule has 0 radical (unpaired) electrons. The zero-order valence-corrected chi connectivity index (χ0v) is 37.8. The molecule has 0 heterocycles. The molecular weight excluding hydrogens is 883 g/mol. The summed E-state index contributed by atoms with van der Waals surface area (Å²) >= 11 is 0. The van der Waals surface area contributed by atoms with Crippen LogP contribution in [0.2, 0.25) is 0 Å². The Bertz CT molecular complexity index is 1800. The van der Waals surface area contributed by atoms with Crippen molar-refractivity contribution in [2.75, 3.05) is 39.9 Å². The topological polar surface area (TPSA) is 447 Å². The molecule has 1 rings (SSSR count). The number of hydrogen-bond donors (Lipinski definition) is 16. The van der Waals surface area contributed by atoms with E-state index in [-0.39, 0.29) is 56.9 Å². The molecule has 8 atom stereocenters. The summed E-state index contributed by atoms with van der Waals surface area (Å²) in [6.07, 6.45) is 1.12. The number of unbranched alkanes of at least 4 members (excludes halogenated alkanes) is 2. The number of benzene rings is 1. The van der Waals surface area contributed by atoms with Gasteiger partial charge >= 0.3 is 5.97 Å². The van der Waals surface area contributed by atoms with Crippen molar-refractivity contribution in [1.29, 1.82) is 0 Å². The van der Waals surface area contributed by atoms with E-state index in [1.165, 1.54) is 19.1 Å². The molecule has 0 unspecified atom stereocenters. The van der Waals surface area contributed by atoms with Crippen molar-refractivity contribution in [3.05, 3.63) is 29.8 Å². The van der Waals surface area contributed by atoms with E-state index >= 15 is 0 Å². The lowest BCUT2D eigenvalue weighted by Crippen LogP contribution is -2.60. The number of guanidine groups is 1. The lowest BCUT2D eigenvalue weighted by Gasteiger charge is -2.27. The molecule has 7 amide bonds. The van der Waals surface area contributed by atoms with Gasteiger partial charge in [0.25, 0.3) is 0 Å². The van der Waals surface area contributed by atoms with Gasteiger partial charge in [0.2, 0.25) is 41.4 Å². The summed E-state index contributed by atoms with van der Waals surface area (Å²) < 4.78 is 0. The van der Waals surface area contributed by atoms with Crippen LogP contribution in [0.1, 0.15) is 70.3 Å². The summed E-state index contributed by atoms with van der Waals surface area (Å²) in [5, 5.41) is 58.4. The Balaban J connectivity index is 3.31. The number of amides is 7. The first-order chi connectivity index (χ1) is 31.8. The maximum Gasteiger partial charge on any atom is 0.305 e. The fourth-order valence-electron chi connectivity index (χ4n) is 6.19. The number of carboxylic acid groups (broad SMARTS) is 1. The molecule has 26 heteroatoms. The number of aliphatic hydroxyl groups excluding tert-OH is 2. The first kappa shape index (κ1) is 58.5. The van der Waals surface area contributed by atoms with Gasteiger partial charge in [-0.3, -0.25) is 43.3 Å². The van der Waals surface area contributed by atoms with Crippen LogP contribution < -0.4 is 65.5 Å². The van der Waals surface area contributed by atoms with Crippen LogP contribution in [0.5, 0.6) is 5.75 Å². The molecule has 0 aliphatic carbocycles. The molecule has 376 valence electrons. The minimum atomic E-state index is -1.85. The fourth-order valence-corrected chi connectivity index (χ4v) is 6.19. The van der Waals surface area contributed by atoms with Gasteiger partial charge in [-0.15, -0.1) is 0 Å². The second-order valence-electron chi connectivity index (χ2n) is 15.6. The number of nitrogens with one attached hydrogen (secondary N) is 8. The predicted octanol–water partition coefficient (Wildman–Crippen LogP) is -6.09. The summed E-state index contributed by atoms with van der Waals surface area (Å²) in [4.78, 5) is 121. The van der Waals surface area contributed by atoms with Crippen LogP contribution in [0.15, 0.2) is 29.3 Å². The lowest BCUT2D eigenvalue weighted by molar-refractivity contribution is -0.141. The number of aliphatic hydroxyl groups is 2. The predicted molar refractivity (Wildman–Crippen MR) is 242 cm³/mol. The maximum absolute atomic E-state index is 13.8. The maximum atomic E-state index is 13.8. The van der Waals surface area contributed by atoms with Gasteiger partial charge in [-0.25, -0.2) is 0 Å². The highest BCUT2D eigenvalue weighted by Crippen LogP contribution is 2.12. The van der Waals surface area contributed by atoms with E-state index < -0.39 is 115 Å². The highest BCUT2D eigenvalue weighted by Gasteiger charge is 2.34. The highest BCUT2D eigenvalue weighted by molar-refractivity contribution is 5.98. The molecule has 0 aromatic heterocycles. The Morgan fingerprint density at radius 1 is 0.657 bits per heavy atom. The molecule has 0 saturated heterocycles. The molecular formula is C41H69N13O13. The summed E-state index contributed by atoms with van der Waals surface area (Å²) in [6.45, 7) is 0.399. The Morgan fingerprint density at radius 2 is 1.15 bits per heavy atom. The third-order valence-electron chi connectivity index (χ3n) is 9.96. The van der Waals surface area contributed by atoms with Crippen molar-refractivity contribution in [3.63, 3.8) is 0 Å². The number of nitrogens with two attached hydrogens (primary N) is 4. The lowest BCUT2D eigenvalue weighted by atomic mass is 10.0. The molecule has 0 fully saturated rings. The molecule has 20 N–H and O–H groups in total. The molecule has 0 bridgehead atoms. The number of aliphatic imine (C=N–C) groups is 1. The van der Waals surface area contributed by atoms with Crippen LogP contribution in [-0.2, 0) is 49.6 Å². The van der Waals surface area contributed by atoms with E-state index in [4.69, 9.17) is 22.9 Å². The third-order valence-corrected chi connectivity index (χ3v) is 9.96. The van der Waals surface area contributed by atoms with Crippen molar-refractivity contribution in [2.45, 2.75) is 119 Å². The summed E-state index contributed by atoms with van der Waals surface area (Å²) in [5.41, 5.74) is 22.6. The van der Waals surface area contributed by atoms with E-state index in [9.17, 15) is 63.6 Å². The van der Waals surface area contributed by atoms with E-state index in [2.05, 4.69) is 47.5 Å². The Hall–Kier alpha value is -6.48. The number of aromatic hydroxyl groups is 1. The van der Waals surface area contributed by atoms with E-state index in [1.807, 2.05) is 0 Å². The van der Waals surface area contributed by atoms with Gasteiger partial charge in [0, 0.05) is 6.54 Å². The van der Waals surface area contributed by atoms with Gasteiger partial charge in [0.1, 0.15) is 54.3 Å². The zero-order valence-electron chi connectivity index (χ0n) is 37.8. The van der Waals surface area contributed by atoms with E-state index in [1.54, 1.807) is 19.2 Å². The largest absolute Gasteiger partial charge is 0.508 e. The number of hydrogen-bond acceptors (Lipinski definition) is 16. The number of rotatable bonds is 34. The SMILES string of the molecule is CNCCCC[C@H](NC(=O)[C@H](CO)NC(=O)[C@H](CCCCN)NC(=O)[C@@H](N)CO)C(=O)N[C@@H](CC(=O)O)C(=O)N[C@@H](CCCN=C(N)N)C(=O)N[C@@H](C)C(=O)N[C@H](C=O)Cc1ccc(O)cc1. The first-order valence-corrected chi connectivity index (χ1v) is 21.7. The Labute approximate surface area is 387 Å². The Kier molecular flexibility index (Phi) is 28.2. The van der Waals surface area contributed by atoms with Crippen LogP contribution >= 0.6 is 0 Å². The minimum Gasteiger partial charge on any atom is -0.508 e. The fraction of sp³-hybridized carbons (Fsp3) is 0.610. The van der Waals surface area contributed by atoms with Crippen LogP contribution in [0.4, 0.5) is 0 Å². The van der Waals surface area contributed by atoms with Crippen LogP contribution in [0.3, 0.4) is 0 Å². The van der Waals surface area contributed by atoms with Gasteiger partial charge in [-0.05, 0) is 103 Å². The second kappa shape index (κ2) is 32.2. The number of carboxylic acids is 1. The van der Waals surface area contributed by atoms with Gasteiger partial charge in [0.05, 0.1) is 25.7 Å². The zero-order chi connectivity index (χ0) is 50.5. The van der Waals surface area contributed by atoms with Crippen molar-refractivity contribution in [3.8, 4) is 5.75 Å². The normalized spacial score (nSPS) is 14.5. The molecule has 0 aliphatic heterocycles. The van der Waals surface area contributed by atoms with Crippen LogP contribution in [0, 0.1) is 0 Å². The van der Waals surface area contributed by atoms with Crippen molar-refractivity contribution in [1.82, 2.24) is 42.5 Å². The smallest absolute Gasteiger partial charge is 0.305 e. The number of nitrogens with zero attached hydrogens (tertiary/aromatic N) is 1. The molecule has 0 spiro atoms. The molecule has 0 aliphatic rings. The molecule has 26 nitrogen and oxygen atoms in total. The third kappa shape index (κ3) is 23.5. The van der Waals surface area contributed by atoms with Gasteiger partial charge in [-0.2, -0.15) is 0 Å². The number of phenolic OH excluding ortho intramolecular Hbond substituents is 1. The average molecular weight is 952 g/mol. The summed E-state index contributed by atoms with van der Waals surface area (Å²) in [5.74, 6) is -8.48. The monoisotopic (exact) mass is 952 g/mol. The number of aliphatic carboxylic acids is 1.